The molecule has 112 valence electrons. The van der Waals surface area contributed by atoms with Crippen LogP contribution in [0.15, 0.2) is 24.4 Å². The van der Waals surface area contributed by atoms with Gasteiger partial charge in [-0.15, -0.1) is 0 Å². The molecule has 0 saturated heterocycles. The predicted molar refractivity (Wildman–Crippen MR) is 79.7 cm³/mol. The van der Waals surface area contributed by atoms with Crippen LogP contribution in [-0.4, -0.2) is 27.3 Å². The van der Waals surface area contributed by atoms with E-state index in [1.165, 1.54) is 23.2 Å². The molecular formula is C14H13N5O3. The van der Waals surface area contributed by atoms with Crippen molar-refractivity contribution in [1.82, 2.24) is 9.97 Å². The molecule has 0 atom stereocenters. The maximum Gasteiger partial charge on any atom is 0.271 e. The highest BCUT2D eigenvalue weighted by Gasteiger charge is 2.28. The van der Waals surface area contributed by atoms with Gasteiger partial charge in [0.2, 0.25) is 5.95 Å². The van der Waals surface area contributed by atoms with Gasteiger partial charge in [-0.1, -0.05) is 6.07 Å². The molecule has 8 nitrogen and oxygen atoms in total. The zero-order valence-corrected chi connectivity index (χ0v) is 11.8. The van der Waals surface area contributed by atoms with Crippen LogP contribution in [0, 0.1) is 17.0 Å². The van der Waals surface area contributed by atoms with Gasteiger partial charge in [-0.2, -0.15) is 0 Å². The van der Waals surface area contributed by atoms with E-state index in [1.54, 1.807) is 13.0 Å². The standard InChI is InChI=1S/C14H13N5O3/c1-8-2-3-9(19(21)22)6-12(8)18-5-4-11-10(13(18)20)7-16-14(15)17-11/h2-3,6-7H,4-5H2,1H3,(H2,15,16,17). The average molecular weight is 299 g/mol. The number of hydrogen-bond donors (Lipinski definition) is 1. The Labute approximate surface area is 125 Å². The molecule has 1 aromatic carbocycles. The highest BCUT2D eigenvalue weighted by Crippen LogP contribution is 2.29. The van der Waals surface area contributed by atoms with E-state index in [1.807, 2.05) is 0 Å². The maximum atomic E-state index is 12.6. The fourth-order valence-electron chi connectivity index (χ4n) is 2.50. The van der Waals surface area contributed by atoms with E-state index >= 15 is 0 Å². The van der Waals surface area contributed by atoms with E-state index in [2.05, 4.69) is 9.97 Å². The van der Waals surface area contributed by atoms with Crippen LogP contribution < -0.4 is 10.6 Å². The Bertz CT molecular complexity index is 790. The van der Waals surface area contributed by atoms with Gasteiger partial charge >= 0.3 is 0 Å². The Morgan fingerprint density at radius 3 is 2.91 bits per heavy atom. The Kier molecular flexibility index (Phi) is 3.21. The number of aromatic nitrogens is 2. The minimum Gasteiger partial charge on any atom is -0.368 e. The molecule has 1 amide bonds. The second kappa shape index (κ2) is 5.06. The molecule has 2 heterocycles. The van der Waals surface area contributed by atoms with Crippen molar-refractivity contribution < 1.29 is 9.72 Å². The SMILES string of the molecule is Cc1ccc([N+](=O)[O-])cc1N1CCc2nc(N)ncc2C1=O. The summed E-state index contributed by atoms with van der Waals surface area (Å²) in [5, 5.41) is 10.9. The van der Waals surface area contributed by atoms with Crippen LogP contribution in [0.1, 0.15) is 21.6 Å². The summed E-state index contributed by atoms with van der Waals surface area (Å²) in [7, 11) is 0. The molecule has 0 bridgehead atoms. The van der Waals surface area contributed by atoms with Gasteiger partial charge in [-0.05, 0) is 12.5 Å². The first-order chi connectivity index (χ1) is 10.5. The molecule has 22 heavy (non-hydrogen) atoms. The molecule has 0 fully saturated rings. The topological polar surface area (TPSA) is 115 Å². The van der Waals surface area contributed by atoms with E-state index in [0.717, 1.165) is 5.56 Å². The van der Waals surface area contributed by atoms with Gasteiger partial charge in [0.15, 0.2) is 0 Å². The number of benzene rings is 1. The summed E-state index contributed by atoms with van der Waals surface area (Å²) in [6.07, 6.45) is 1.93. The van der Waals surface area contributed by atoms with E-state index in [-0.39, 0.29) is 17.5 Å². The molecule has 8 heteroatoms. The fourth-order valence-corrected chi connectivity index (χ4v) is 2.50. The van der Waals surface area contributed by atoms with Crippen molar-refractivity contribution in [3.05, 3.63) is 51.3 Å². The minimum atomic E-state index is -0.477. The van der Waals surface area contributed by atoms with Crippen molar-refractivity contribution in [2.24, 2.45) is 0 Å². The fraction of sp³-hybridized carbons (Fsp3) is 0.214. The van der Waals surface area contributed by atoms with Gasteiger partial charge in [0.05, 0.1) is 21.9 Å². The van der Waals surface area contributed by atoms with Crippen molar-refractivity contribution in [3.8, 4) is 0 Å². The van der Waals surface area contributed by atoms with Gasteiger partial charge < -0.3 is 10.6 Å². The molecule has 1 aromatic heterocycles. The Morgan fingerprint density at radius 2 is 2.18 bits per heavy atom. The van der Waals surface area contributed by atoms with E-state index in [4.69, 9.17) is 5.73 Å². The van der Waals surface area contributed by atoms with Gasteiger partial charge in [0, 0.05) is 31.3 Å². The third-order valence-electron chi connectivity index (χ3n) is 3.63. The Hall–Kier alpha value is -3.03. The van der Waals surface area contributed by atoms with Crippen LogP contribution in [0.25, 0.3) is 0 Å². The first-order valence-corrected chi connectivity index (χ1v) is 6.65. The predicted octanol–water partition coefficient (Wildman–Crippen LogP) is 1.48. The summed E-state index contributed by atoms with van der Waals surface area (Å²) >= 11 is 0. The molecule has 0 saturated carbocycles. The number of fused-ring (bicyclic) bond motifs is 1. The molecule has 0 unspecified atom stereocenters. The zero-order valence-electron chi connectivity index (χ0n) is 11.8. The second-order valence-corrected chi connectivity index (χ2v) is 5.02. The number of hydrogen-bond acceptors (Lipinski definition) is 6. The molecule has 0 aliphatic carbocycles. The van der Waals surface area contributed by atoms with Gasteiger partial charge in [-0.3, -0.25) is 14.9 Å². The maximum absolute atomic E-state index is 12.6. The third-order valence-corrected chi connectivity index (χ3v) is 3.63. The number of carbonyl (C=O) groups excluding carboxylic acids is 1. The quantitative estimate of drug-likeness (QED) is 0.663. The number of aryl methyl sites for hydroxylation is 1. The van der Waals surface area contributed by atoms with Crippen LogP contribution in [0.2, 0.25) is 0 Å². The number of nitro groups is 1. The molecule has 2 N–H and O–H groups in total. The zero-order chi connectivity index (χ0) is 15.9. The van der Waals surface area contributed by atoms with Crippen molar-refractivity contribution in [3.63, 3.8) is 0 Å². The lowest BCUT2D eigenvalue weighted by Crippen LogP contribution is -2.38. The summed E-state index contributed by atoms with van der Waals surface area (Å²) in [4.78, 5) is 32.5. The number of nitrogens with zero attached hydrogens (tertiary/aromatic N) is 4. The number of nitrogens with two attached hydrogens (primary N) is 1. The van der Waals surface area contributed by atoms with Crippen molar-refractivity contribution in [2.75, 3.05) is 17.2 Å². The molecular weight excluding hydrogens is 286 g/mol. The van der Waals surface area contributed by atoms with Crippen LogP contribution in [0.4, 0.5) is 17.3 Å². The first-order valence-electron chi connectivity index (χ1n) is 6.65. The number of amides is 1. The largest absolute Gasteiger partial charge is 0.368 e. The lowest BCUT2D eigenvalue weighted by Gasteiger charge is -2.28. The summed E-state index contributed by atoms with van der Waals surface area (Å²) in [5.74, 6) is -0.142. The minimum absolute atomic E-state index is 0.0484. The Balaban J connectivity index is 2.04. The number of carbonyl (C=O) groups is 1. The molecule has 1 aliphatic heterocycles. The molecule has 2 aromatic rings. The van der Waals surface area contributed by atoms with Crippen LogP contribution in [0.5, 0.6) is 0 Å². The monoisotopic (exact) mass is 299 g/mol. The summed E-state index contributed by atoms with van der Waals surface area (Å²) < 4.78 is 0. The van der Waals surface area contributed by atoms with Crippen molar-refractivity contribution in [1.29, 1.82) is 0 Å². The number of nitro benzene ring substituents is 1. The first kappa shape index (κ1) is 13.9. The van der Waals surface area contributed by atoms with E-state index in [9.17, 15) is 14.9 Å². The number of nitrogen functional groups attached to an aromatic ring is 1. The number of rotatable bonds is 2. The van der Waals surface area contributed by atoms with Crippen molar-refractivity contribution >= 4 is 23.2 Å². The Morgan fingerprint density at radius 1 is 1.41 bits per heavy atom. The lowest BCUT2D eigenvalue weighted by atomic mass is 10.0. The number of non-ortho nitro benzene ring substituents is 1. The van der Waals surface area contributed by atoms with Gasteiger partial charge in [-0.25, -0.2) is 9.97 Å². The lowest BCUT2D eigenvalue weighted by molar-refractivity contribution is -0.384. The van der Waals surface area contributed by atoms with Crippen LogP contribution in [0.3, 0.4) is 0 Å². The average Bonchev–Trinajstić information content (AvgIpc) is 2.48. The smallest absolute Gasteiger partial charge is 0.271 e. The highest BCUT2D eigenvalue weighted by atomic mass is 16.6. The van der Waals surface area contributed by atoms with Crippen LogP contribution in [-0.2, 0) is 6.42 Å². The molecule has 0 radical (unpaired) electrons. The summed E-state index contributed by atoms with van der Waals surface area (Å²) in [6.45, 7) is 2.20. The summed E-state index contributed by atoms with van der Waals surface area (Å²) in [6, 6.07) is 4.47. The molecule has 0 spiro atoms. The van der Waals surface area contributed by atoms with E-state index in [0.29, 0.717) is 29.9 Å². The normalized spacial score (nSPS) is 13.9. The van der Waals surface area contributed by atoms with Crippen LogP contribution >= 0.6 is 0 Å². The van der Waals surface area contributed by atoms with E-state index < -0.39 is 4.92 Å². The van der Waals surface area contributed by atoms with Gasteiger partial charge in [0.1, 0.15) is 0 Å². The van der Waals surface area contributed by atoms with Crippen molar-refractivity contribution in [2.45, 2.75) is 13.3 Å². The summed E-state index contributed by atoms with van der Waals surface area (Å²) in [5.41, 5.74) is 7.79. The second-order valence-electron chi connectivity index (χ2n) is 5.02. The number of anilines is 2. The van der Waals surface area contributed by atoms with Gasteiger partial charge in [0.25, 0.3) is 11.6 Å². The molecule has 3 rings (SSSR count). The molecule has 1 aliphatic rings. The third kappa shape index (κ3) is 2.24. The highest BCUT2D eigenvalue weighted by molar-refractivity contribution is 6.08.